The molecule has 1 aliphatic rings. The first-order chi connectivity index (χ1) is 36.6. The number of para-hydroxylation sites is 4. The molecule has 0 bridgehead atoms. The third-order valence-corrected chi connectivity index (χ3v) is 17.4. The summed E-state index contributed by atoms with van der Waals surface area (Å²) in [6, 6.07) is 70.0. The summed E-state index contributed by atoms with van der Waals surface area (Å²) in [5.74, 6) is 0. The van der Waals surface area contributed by atoms with Gasteiger partial charge in [0.05, 0.1) is 22.1 Å². The van der Waals surface area contributed by atoms with Gasteiger partial charge in [-0.15, -0.1) is 22.7 Å². The highest BCUT2D eigenvalue weighted by atomic mass is 32.1. The van der Waals surface area contributed by atoms with Gasteiger partial charge in [0.1, 0.15) is 22.3 Å². The van der Waals surface area contributed by atoms with E-state index in [0.717, 1.165) is 88.9 Å². The van der Waals surface area contributed by atoms with Crippen LogP contribution < -0.4 is 5.46 Å². The number of hydrogen-bond donors (Lipinski definition) is 2. The number of ether oxygens (including phenoxy) is 1. The summed E-state index contributed by atoms with van der Waals surface area (Å²) in [6.45, 7) is 2.00. The first-order valence-electron chi connectivity index (χ1n) is 25.0. The van der Waals surface area contributed by atoms with Gasteiger partial charge in [-0.25, -0.2) is 0 Å². The highest BCUT2D eigenvalue weighted by Gasteiger charge is 2.22. The molecule has 74 heavy (non-hydrogen) atoms. The Labute approximate surface area is 431 Å². The van der Waals surface area contributed by atoms with Crippen molar-refractivity contribution in [1.82, 2.24) is 9.13 Å². The fraction of sp³-hybridized carbons (Fsp3) is 0.0625. The molecule has 0 spiro atoms. The monoisotopic (exact) mass is 994 g/mol. The van der Waals surface area contributed by atoms with Gasteiger partial charge in [-0.05, 0) is 103 Å². The molecule has 1 fully saturated rings. The highest BCUT2D eigenvalue weighted by molar-refractivity contribution is 7.28. The van der Waals surface area contributed by atoms with Crippen LogP contribution in [0.1, 0.15) is 12.8 Å². The quantitative estimate of drug-likeness (QED) is 0.172. The second-order valence-electron chi connectivity index (χ2n) is 19.1. The molecule has 16 aromatic rings. The molecule has 354 valence electrons. The normalized spacial score (nSPS) is 13.0. The first-order valence-corrected chi connectivity index (χ1v) is 26.7. The molecule has 1 aliphatic heterocycles. The van der Waals surface area contributed by atoms with E-state index >= 15 is 0 Å². The maximum atomic E-state index is 9.90. The lowest BCUT2D eigenvalue weighted by Gasteiger charge is -2.07. The lowest BCUT2D eigenvalue weighted by molar-refractivity contribution is 0.198. The second kappa shape index (κ2) is 17.2. The zero-order chi connectivity index (χ0) is 49.0. The zero-order valence-electron chi connectivity index (χ0n) is 39.8. The third-order valence-electron chi connectivity index (χ3n) is 14.9. The van der Waals surface area contributed by atoms with Crippen molar-refractivity contribution in [3.8, 4) is 11.4 Å². The van der Waals surface area contributed by atoms with Crippen LogP contribution >= 0.6 is 22.7 Å². The first kappa shape index (κ1) is 43.4. The summed E-state index contributed by atoms with van der Waals surface area (Å²) >= 11 is 3.44. The van der Waals surface area contributed by atoms with Gasteiger partial charge in [0.25, 0.3) is 0 Å². The molecule has 2 N–H and O–H groups in total. The van der Waals surface area contributed by atoms with Crippen molar-refractivity contribution in [1.29, 1.82) is 0 Å². The van der Waals surface area contributed by atoms with Crippen LogP contribution in [0.4, 0.5) is 0 Å². The topological polar surface area (TPSA) is 85.8 Å². The number of thiophene rings is 2. The lowest BCUT2D eigenvalue weighted by Crippen LogP contribution is -2.29. The Morgan fingerprint density at radius 1 is 0.365 bits per heavy atom. The predicted molar refractivity (Wildman–Crippen MR) is 312 cm³/mol. The smallest absolute Gasteiger partial charge is 0.456 e. The fourth-order valence-corrected chi connectivity index (χ4v) is 14.2. The van der Waals surface area contributed by atoms with E-state index < -0.39 is 7.12 Å². The molecule has 10 aromatic carbocycles. The van der Waals surface area contributed by atoms with Crippen LogP contribution in [0.2, 0.25) is 0 Å². The van der Waals surface area contributed by atoms with Crippen LogP contribution in [-0.2, 0) is 4.74 Å². The Balaban J connectivity index is 0.000000120. The molecular formula is C64H43BN2O5S2. The van der Waals surface area contributed by atoms with Crippen molar-refractivity contribution in [2.45, 2.75) is 12.8 Å². The summed E-state index contributed by atoms with van der Waals surface area (Å²) in [7, 11) is -1.51. The Hall–Kier alpha value is -8.22. The highest BCUT2D eigenvalue weighted by Crippen LogP contribution is 2.45. The van der Waals surface area contributed by atoms with E-state index in [9.17, 15) is 10.0 Å². The summed E-state index contributed by atoms with van der Waals surface area (Å²) in [6.07, 6.45) is 2.56. The molecular weight excluding hydrogens is 952 g/mol. The van der Waals surface area contributed by atoms with Gasteiger partial charge in [0.15, 0.2) is 0 Å². The average molecular weight is 995 g/mol. The Morgan fingerprint density at radius 2 is 0.784 bits per heavy atom. The van der Waals surface area contributed by atoms with Crippen LogP contribution in [0.3, 0.4) is 0 Å². The summed E-state index contributed by atoms with van der Waals surface area (Å²) in [5, 5.41) is 34.1. The molecule has 7 heterocycles. The Bertz CT molecular complexity index is 4780. The molecule has 0 saturated carbocycles. The minimum atomic E-state index is -1.51. The van der Waals surface area contributed by atoms with Crippen LogP contribution in [0.15, 0.2) is 209 Å². The van der Waals surface area contributed by atoms with Gasteiger partial charge in [-0.2, -0.15) is 0 Å². The Kier molecular flexibility index (Phi) is 10.1. The van der Waals surface area contributed by atoms with E-state index in [-0.39, 0.29) is 0 Å². The second-order valence-corrected chi connectivity index (χ2v) is 21.1. The summed E-state index contributed by atoms with van der Waals surface area (Å²) < 4.78 is 27.0. The van der Waals surface area contributed by atoms with Crippen LogP contribution in [-0.4, -0.2) is 39.5 Å². The Morgan fingerprint density at radius 3 is 1.27 bits per heavy atom. The minimum absolute atomic E-state index is 0.531. The van der Waals surface area contributed by atoms with Crippen molar-refractivity contribution in [2.75, 3.05) is 13.2 Å². The van der Waals surface area contributed by atoms with E-state index in [1.165, 1.54) is 76.4 Å². The van der Waals surface area contributed by atoms with Crippen LogP contribution in [0.5, 0.6) is 0 Å². The van der Waals surface area contributed by atoms with Gasteiger partial charge in [-0.3, -0.25) is 0 Å². The van der Waals surface area contributed by atoms with Crippen molar-refractivity contribution in [3.63, 3.8) is 0 Å². The largest absolute Gasteiger partial charge is 0.489 e. The third kappa shape index (κ3) is 6.70. The molecule has 6 aromatic heterocycles. The van der Waals surface area contributed by atoms with Crippen molar-refractivity contribution >= 4 is 163 Å². The number of nitrogens with zero attached hydrogens (tertiary/aromatic N) is 2. The molecule has 0 aliphatic carbocycles. The number of benzene rings is 10. The molecule has 7 nitrogen and oxygen atoms in total. The maximum Gasteiger partial charge on any atom is 0.489 e. The van der Waals surface area contributed by atoms with Crippen molar-refractivity contribution < 1.29 is 23.6 Å². The van der Waals surface area contributed by atoms with E-state index in [1.54, 1.807) is 17.4 Å². The number of hydrogen-bond acceptors (Lipinski definition) is 7. The number of aromatic nitrogens is 2. The van der Waals surface area contributed by atoms with Gasteiger partial charge in [-0.1, -0.05) is 109 Å². The van der Waals surface area contributed by atoms with Gasteiger partial charge >= 0.3 is 7.12 Å². The van der Waals surface area contributed by atoms with Gasteiger partial charge in [0.2, 0.25) is 0 Å². The molecule has 0 amide bonds. The maximum absolute atomic E-state index is 9.90. The molecule has 1 saturated heterocycles. The standard InChI is InChI=1S/C30H18BNO3S.C30H17NOS.C4H8O/c33-31(34)23-9-5-8-20-21-14-15-26-28(30(21)36-29(20)23)22-13-12-17(16-27(22)35-26)32-24-10-3-1-6-18(24)19-7-2-4-11-25(19)32;1-4-10-24-19(7-1)20-8-2-5-11-25(20)31(24)18-13-14-23-27(17-18)32-26-16-15-22-21-9-3-6-12-28(21)33-30(22)29(23)26;1-2-4-5-3-1/h1-16,33-34H;1-17H;1-4H2. The van der Waals surface area contributed by atoms with Crippen molar-refractivity contribution in [3.05, 3.63) is 200 Å². The van der Waals surface area contributed by atoms with Crippen LogP contribution in [0.25, 0.3) is 139 Å². The SMILES string of the molecule is C1CCOC1.OB(O)c1cccc2c1sc1c2ccc2oc3cc(-n4c5ccccc5c5ccccc54)ccc3c21.c1ccc2c(c1)sc1c2ccc2oc3cc(-n4c5ccccc5c5ccccc54)ccc3c21. The number of rotatable bonds is 3. The van der Waals surface area contributed by atoms with E-state index in [2.05, 4.69) is 185 Å². The molecule has 0 radical (unpaired) electrons. The molecule has 0 unspecified atom stereocenters. The summed E-state index contributed by atoms with van der Waals surface area (Å²) in [5.41, 5.74) is 11.0. The van der Waals surface area contributed by atoms with E-state index in [0.29, 0.717) is 5.46 Å². The fourth-order valence-electron chi connectivity index (χ4n) is 11.6. The minimum Gasteiger partial charge on any atom is -0.456 e. The lowest BCUT2D eigenvalue weighted by atomic mass is 9.80. The predicted octanol–water partition coefficient (Wildman–Crippen LogP) is 16.6. The zero-order valence-corrected chi connectivity index (χ0v) is 41.4. The van der Waals surface area contributed by atoms with Crippen LogP contribution in [0, 0.1) is 0 Å². The number of furan rings is 2. The van der Waals surface area contributed by atoms with Crippen molar-refractivity contribution in [2.24, 2.45) is 0 Å². The van der Waals surface area contributed by atoms with Gasteiger partial charge < -0.3 is 32.8 Å². The summed E-state index contributed by atoms with van der Waals surface area (Å²) in [4.78, 5) is 0. The van der Waals surface area contributed by atoms with E-state index in [4.69, 9.17) is 13.6 Å². The average Bonchev–Trinajstić information content (AvgIpc) is 4.35. The van der Waals surface area contributed by atoms with E-state index in [1.807, 2.05) is 29.5 Å². The van der Waals surface area contributed by atoms with Gasteiger partial charge in [0, 0.05) is 115 Å². The number of fused-ring (bicyclic) bond motifs is 20. The molecule has 17 rings (SSSR count). The molecule has 10 heteroatoms. The molecule has 0 atom stereocenters.